The van der Waals surface area contributed by atoms with Crippen LogP contribution in [0.15, 0.2) is 16.7 Å². The highest BCUT2D eigenvalue weighted by atomic mass is 79.9. The highest BCUT2D eigenvalue weighted by molar-refractivity contribution is 9.10. The molecular formula is C6H7BrFN2O+. The van der Waals surface area contributed by atoms with Crippen LogP contribution < -0.4 is 15.3 Å². The molecule has 0 unspecified atom stereocenters. The second-order valence-corrected chi connectivity index (χ2v) is 2.84. The number of halogens is 2. The number of nitrogens with zero attached hydrogens (tertiary/aromatic N) is 1. The average Bonchev–Trinajstić information content (AvgIpc) is 1.96. The van der Waals surface area contributed by atoms with Crippen molar-refractivity contribution in [1.29, 1.82) is 0 Å². The van der Waals surface area contributed by atoms with Crippen molar-refractivity contribution in [3.05, 3.63) is 22.7 Å². The summed E-state index contributed by atoms with van der Waals surface area (Å²) in [6.07, 6.45) is 1.40. The molecule has 0 fully saturated rings. The van der Waals surface area contributed by atoms with E-state index in [4.69, 9.17) is 10.6 Å². The van der Waals surface area contributed by atoms with Crippen molar-refractivity contribution in [2.45, 2.75) is 0 Å². The van der Waals surface area contributed by atoms with Crippen molar-refractivity contribution in [2.75, 3.05) is 13.0 Å². The van der Waals surface area contributed by atoms with E-state index in [1.807, 2.05) is 0 Å². The molecule has 1 heterocycles. The zero-order valence-electron chi connectivity index (χ0n) is 5.84. The van der Waals surface area contributed by atoms with Crippen LogP contribution in [0.1, 0.15) is 0 Å². The van der Waals surface area contributed by atoms with Crippen molar-refractivity contribution in [3.8, 4) is 5.75 Å². The average molecular weight is 222 g/mol. The minimum Gasteiger partial charge on any atom is -0.488 e. The van der Waals surface area contributed by atoms with Gasteiger partial charge in [0, 0.05) is 6.07 Å². The highest BCUT2D eigenvalue weighted by Crippen LogP contribution is 2.17. The number of methoxy groups -OCH3 is 1. The summed E-state index contributed by atoms with van der Waals surface area (Å²) >= 11 is 3.14. The molecule has 0 aromatic carbocycles. The van der Waals surface area contributed by atoms with Crippen molar-refractivity contribution < 1.29 is 13.8 Å². The maximum Gasteiger partial charge on any atom is 0.431 e. The lowest BCUT2D eigenvalue weighted by atomic mass is 10.4. The molecule has 60 valence electrons. The maximum absolute atomic E-state index is 12.9. The Balaban J connectivity index is 3.24. The second kappa shape index (κ2) is 3.04. The quantitative estimate of drug-likeness (QED) is 0.429. The molecule has 0 aliphatic rings. The smallest absolute Gasteiger partial charge is 0.431 e. The van der Waals surface area contributed by atoms with E-state index in [1.165, 1.54) is 19.4 Å². The molecule has 0 saturated carbocycles. The lowest BCUT2D eigenvalue weighted by Gasteiger charge is -1.97. The largest absolute Gasteiger partial charge is 0.488 e. The van der Waals surface area contributed by atoms with Gasteiger partial charge in [-0.05, 0) is 15.9 Å². The molecule has 5 heteroatoms. The predicted molar refractivity (Wildman–Crippen MR) is 41.0 cm³/mol. The Bertz CT molecular complexity index is 280. The summed E-state index contributed by atoms with van der Waals surface area (Å²) in [5, 5.41) is 0. The third kappa shape index (κ3) is 1.59. The van der Waals surface area contributed by atoms with Gasteiger partial charge in [0.15, 0.2) is 0 Å². The van der Waals surface area contributed by atoms with Gasteiger partial charge < -0.3 is 4.74 Å². The Labute approximate surface area is 71.7 Å². The van der Waals surface area contributed by atoms with Crippen LogP contribution in [0.25, 0.3) is 0 Å². The highest BCUT2D eigenvalue weighted by Gasteiger charge is 2.15. The number of rotatable bonds is 1. The molecule has 0 aliphatic carbocycles. The van der Waals surface area contributed by atoms with E-state index in [0.29, 0.717) is 4.47 Å². The molecular weight excluding hydrogens is 215 g/mol. The van der Waals surface area contributed by atoms with Gasteiger partial charge in [-0.3, -0.25) is 0 Å². The molecule has 3 nitrogen and oxygen atoms in total. The van der Waals surface area contributed by atoms with Gasteiger partial charge in [0.25, 0.3) is 0 Å². The molecule has 1 aromatic heterocycles. The van der Waals surface area contributed by atoms with Gasteiger partial charge >= 0.3 is 5.95 Å². The van der Waals surface area contributed by atoms with E-state index < -0.39 is 5.95 Å². The summed E-state index contributed by atoms with van der Waals surface area (Å²) in [6, 6.07) is 1.50. The zero-order chi connectivity index (χ0) is 8.43. The van der Waals surface area contributed by atoms with Crippen LogP contribution in [-0.2, 0) is 0 Å². The van der Waals surface area contributed by atoms with E-state index in [9.17, 15) is 4.39 Å². The van der Waals surface area contributed by atoms with Gasteiger partial charge in [-0.2, -0.15) is 0 Å². The number of pyridine rings is 1. The number of hydrogen-bond donors (Lipinski definition) is 1. The van der Waals surface area contributed by atoms with Crippen LogP contribution in [0.5, 0.6) is 5.75 Å². The first-order chi connectivity index (χ1) is 5.15. The second-order valence-electron chi connectivity index (χ2n) is 1.92. The monoisotopic (exact) mass is 221 g/mol. The topological polar surface area (TPSA) is 39.1 Å². The maximum atomic E-state index is 12.9. The van der Waals surface area contributed by atoms with Crippen LogP contribution in [0.2, 0.25) is 0 Å². The van der Waals surface area contributed by atoms with Gasteiger partial charge in [0.2, 0.25) is 11.9 Å². The fourth-order valence-corrected chi connectivity index (χ4v) is 1.11. The summed E-state index contributed by atoms with van der Waals surface area (Å²) in [5.41, 5.74) is 0. The zero-order valence-corrected chi connectivity index (χ0v) is 7.43. The van der Waals surface area contributed by atoms with Crippen molar-refractivity contribution >= 4 is 15.9 Å². The van der Waals surface area contributed by atoms with Crippen molar-refractivity contribution in [3.63, 3.8) is 0 Å². The normalized spacial score (nSPS) is 9.73. The van der Waals surface area contributed by atoms with E-state index in [-0.39, 0.29) is 5.75 Å². The Hall–Kier alpha value is -0.840. The van der Waals surface area contributed by atoms with Gasteiger partial charge in [-0.1, -0.05) is 4.68 Å². The van der Waals surface area contributed by atoms with Crippen molar-refractivity contribution in [2.24, 2.45) is 0 Å². The summed E-state index contributed by atoms with van der Waals surface area (Å²) in [6.45, 7) is 0. The molecule has 11 heavy (non-hydrogen) atoms. The van der Waals surface area contributed by atoms with E-state index in [2.05, 4.69) is 15.9 Å². The van der Waals surface area contributed by atoms with E-state index in [0.717, 1.165) is 4.68 Å². The summed E-state index contributed by atoms with van der Waals surface area (Å²) in [5.74, 6) is 4.74. The van der Waals surface area contributed by atoms with Crippen LogP contribution in [-0.4, -0.2) is 7.11 Å². The first kappa shape index (κ1) is 8.26. The molecule has 0 amide bonds. The lowest BCUT2D eigenvalue weighted by molar-refractivity contribution is -0.670. The van der Waals surface area contributed by atoms with Crippen LogP contribution >= 0.6 is 15.9 Å². The fourth-order valence-electron chi connectivity index (χ4n) is 0.682. The number of nitrogen functional groups attached to an aromatic ring is 1. The number of hydrogen-bond acceptors (Lipinski definition) is 2. The molecule has 1 aromatic rings. The number of aromatic nitrogens is 1. The molecule has 0 spiro atoms. The summed E-state index contributed by atoms with van der Waals surface area (Å²) < 4.78 is 19.1. The molecule has 1 rings (SSSR count). The predicted octanol–water partition coefficient (Wildman–Crippen LogP) is 0.598. The minimum atomic E-state index is -0.601. The molecule has 0 atom stereocenters. The standard InChI is InChI=1S/C6H7BrFN2O/c1-11-5-2-4(7)3-10(9)6(5)8/h2-3H,9H2,1H3/q+1. The SMILES string of the molecule is COc1cc(Br)c[n+](N)c1F. The number of ether oxygens (including phenoxy) is 1. The van der Waals surface area contributed by atoms with Gasteiger partial charge in [-0.25, -0.2) is 5.84 Å². The molecule has 0 aliphatic heterocycles. The molecule has 0 radical (unpaired) electrons. The Morgan fingerprint density at radius 2 is 2.36 bits per heavy atom. The van der Waals surface area contributed by atoms with Crippen LogP contribution in [0.4, 0.5) is 4.39 Å². The minimum absolute atomic E-state index is 0.113. The summed E-state index contributed by atoms with van der Waals surface area (Å²) in [4.78, 5) is 0. The van der Waals surface area contributed by atoms with Crippen molar-refractivity contribution in [1.82, 2.24) is 0 Å². The molecule has 0 saturated heterocycles. The third-order valence-electron chi connectivity index (χ3n) is 1.18. The first-order valence-electron chi connectivity index (χ1n) is 2.85. The third-order valence-corrected chi connectivity index (χ3v) is 1.61. The van der Waals surface area contributed by atoms with E-state index in [1.54, 1.807) is 0 Å². The van der Waals surface area contributed by atoms with Gasteiger partial charge in [0.05, 0.1) is 11.6 Å². The number of nitrogens with two attached hydrogens (primary N) is 1. The van der Waals surface area contributed by atoms with Crippen LogP contribution in [0.3, 0.4) is 0 Å². The Morgan fingerprint density at radius 1 is 1.73 bits per heavy atom. The Kier molecular flexibility index (Phi) is 2.28. The molecule has 0 bridgehead atoms. The molecule has 2 N–H and O–H groups in total. The summed E-state index contributed by atoms with van der Waals surface area (Å²) in [7, 11) is 1.38. The first-order valence-corrected chi connectivity index (χ1v) is 3.64. The van der Waals surface area contributed by atoms with E-state index >= 15 is 0 Å². The fraction of sp³-hybridized carbons (Fsp3) is 0.167. The van der Waals surface area contributed by atoms with Crippen LogP contribution in [0, 0.1) is 5.95 Å². The van der Waals surface area contributed by atoms with Gasteiger partial charge in [-0.15, -0.1) is 4.39 Å². The lowest BCUT2D eigenvalue weighted by Crippen LogP contribution is -2.48. The Morgan fingerprint density at radius 3 is 2.91 bits per heavy atom. The van der Waals surface area contributed by atoms with Gasteiger partial charge in [0.1, 0.15) is 0 Å².